The van der Waals surface area contributed by atoms with Crippen LogP contribution in [0.2, 0.25) is 0 Å². The molecule has 2 fully saturated rings. The van der Waals surface area contributed by atoms with Crippen molar-refractivity contribution in [3.63, 3.8) is 0 Å². The largest absolute Gasteiger partial charge is 0.494 e. The summed E-state index contributed by atoms with van der Waals surface area (Å²) in [5.74, 6) is 0.484. The maximum Gasteiger partial charge on any atom is 0.296 e. The fourth-order valence-corrected chi connectivity index (χ4v) is 6.52. The van der Waals surface area contributed by atoms with E-state index in [1.807, 2.05) is 9.80 Å². The molecule has 3 aromatic rings. The Bertz CT molecular complexity index is 1460. The molecule has 0 radical (unpaired) electrons. The standard InChI is InChI=1S/C25H34F2N8O5S/c1-39-19-6-3-5-18-20(19)28-22(21(26)27)35(18)25-30-23(29-24(31-25)33-12-15-40-16-13-33)32-10-7-17(8-11-32)34(9-4-14-36)41(2,37)38/h3,5-6,17,21,36H,4,7-16H2,1-2H3. The molecule has 4 heterocycles. The Balaban J connectivity index is 1.53. The van der Waals surface area contributed by atoms with Crippen molar-refractivity contribution >= 4 is 33.0 Å². The van der Waals surface area contributed by atoms with Gasteiger partial charge >= 0.3 is 0 Å². The van der Waals surface area contributed by atoms with Crippen molar-refractivity contribution in [2.45, 2.75) is 31.7 Å². The van der Waals surface area contributed by atoms with E-state index in [9.17, 15) is 22.3 Å². The van der Waals surface area contributed by atoms with Crippen LogP contribution in [0.3, 0.4) is 0 Å². The molecule has 2 aromatic heterocycles. The first-order valence-corrected chi connectivity index (χ1v) is 15.3. The van der Waals surface area contributed by atoms with E-state index in [0.29, 0.717) is 81.8 Å². The van der Waals surface area contributed by atoms with E-state index in [1.165, 1.54) is 22.2 Å². The minimum absolute atomic E-state index is 0.00498. The van der Waals surface area contributed by atoms with Gasteiger partial charge in [0.15, 0.2) is 5.82 Å². The summed E-state index contributed by atoms with van der Waals surface area (Å²) in [6.07, 6.45) is -0.354. The summed E-state index contributed by atoms with van der Waals surface area (Å²) >= 11 is 0. The predicted octanol–water partition coefficient (Wildman–Crippen LogP) is 1.61. The fourth-order valence-electron chi connectivity index (χ4n) is 5.30. The van der Waals surface area contributed by atoms with Gasteiger partial charge in [0.2, 0.25) is 27.9 Å². The molecule has 2 aliphatic heterocycles. The summed E-state index contributed by atoms with van der Waals surface area (Å²) in [7, 11) is -2.01. The Morgan fingerprint density at radius 3 is 2.27 bits per heavy atom. The number of morpholine rings is 1. The summed E-state index contributed by atoms with van der Waals surface area (Å²) in [6, 6.07) is 4.77. The van der Waals surface area contributed by atoms with Crippen LogP contribution in [0.1, 0.15) is 31.5 Å². The zero-order valence-electron chi connectivity index (χ0n) is 23.0. The smallest absolute Gasteiger partial charge is 0.296 e. The summed E-state index contributed by atoms with van der Waals surface area (Å²) < 4.78 is 67.0. The van der Waals surface area contributed by atoms with Gasteiger partial charge in [-0.05, 0) is 31.4 Å². The molecule has 0 amide bonds. The van der Waals surface area contributed by atoms with Crippen molar-refractivity contribution in [3.8, 4) is 11.7 Å². The first-order valence-electron chi connectivity index (χ1n) is 13.5. The molecule has 0 saturated carbocycles. The highest BCUT2D eigenvalue weighted by atomic mass is 32.2. The second-order valence-electron chi connectivity index (χ2n) is 9.94. The van der Waals surface area contributed by atoms with Gasteiger partial charge in [-0.2, -0.15) is 19.3 Å². The molecular formula is C25H34F2N8O5S. The minimum atomic E-state index is -3.46. The lowest BCUT2D eigenvalue weighted by molar-refractivity contribution is 0.122. The Kier molecular flexibility index (Phi) is 8.82. The van der Waals surface area contributed by atoms with Crippen LogP contribution >= 0.6 is 0 Å². The van der Waals surface area contributed by atoms with E-state index in [0.717, 1.165) is 0 Å². The number of hydrogen-bond donors (Lipinski definition) is 1. The number of halogens is 2. The van der Waals surface area contributed by atoms with E-state index in [4.69, 9.17) is 14.5 Å². The highest BCUT2D eigenvalue weighted by Gasteiger charge is 2.32. The summed E-state index contributed by atoms with van der Waals surface area (Å²) in [6.45, 7) is 3.04. The number of sulfonamides is 1. The van der Waals surface area contributed by atoms with Gasteiger partial charge in [-0.3, -0.25) is 4.57 Å². The molecule has 41 heavy (non-hydrogen) atoms. The number of nitrogens with zero attached hydrogens (tertiary/aromatic N) is 8. The van der Waals surface area contributed by atoms with Crippen molar-refractivity contribution < 1.29 is 31.8 Å². The van der Waals surface area contributed by atoms with Gasteiger partial charge in [-0.15, -0.1) is 0 Å². The molecule has 0 spiro atoms. The first-order chi connectivity index (χ1) is 19.7. The Morgan fingerprint density at radius 2 is 1.68 bits per heavy atom. The van der Waals surface area contributed by atoms with Gasteiger partial charge in [0.05, 0.1) is 32.1 Å². The molecule has 1 N–H and O–H groups in total. The van der Waals surface area contributed by atoms with Gasteiger partial charge in [-0.1, -0.05) is 6.07 Å². The predicted molar refractivity (Wildman–Crippen MR) is 147 cm³/mol. The van der Waals surface area contributed by atoms with Crippen LogP contribution in [0.25, 0.3) is 17.0 Å². The van der Waals surface area contributed by atoms with E-state index < -0.39 is 22.3 Å². The number of para-hydroxylation sites is 1. The molecule has 0 aliphatic carbocycles. The van der Waals surface area contributed by atoms with Crippen LogP contribution in [-0.4, -0.2) is 114 Å². The monoisotopic (exact) mass is 596 g/mol. The number of aromatic nitrogens is 5. The SMILES string of the molecule is COc1cccc2c1nc(C(F)F)n2-c1nc(N2CCOCC2)nc(N2CCC(N(CCCO)S(C)(=O)=O)CC2)n1. The zero-order valence-corrected chi connectivity index (χ0v) is 23.8. The number of anilines is 2. The van der Waals surface area contributed by atoms with Gasteiger partial charge < -0.3 is 24.4 Å². The highest BCUT2D eigenvalue weighted by molar-refractivity contribution is 7.88. The maximum atomic E-state index is 14.3. The number of aliphatic hydroxyl groups excluding tert-OH is 1. The fraction of sp³-hybridized carbons (Fsp3) is 0.600. The van der Waals surface area contributed by atoms with E-state index in [2.05, 4.69) is 15.0 Å². The lowest BCUT2D eigenvalue weighted by Gasteiger charge is -2.37. The lowest BCUT2D eigenvalue weighted by Crippen LogP contribution is -2.48. The second kappa shape index (κ2) is 12.3. The molecule has 0 unspecified atom stereocenters. The number of methoxy groups -OCH3 is 1. The number of aliphatic hydroxyl groups is 1. The van der Waals surface area contributed by atoms with Crippen LogP contribution < -0.4 is 14.5 Å². The van der Waals surface area contributed by atoms with Gasteiger partial charge in [-0.25, -0.2) is 22.2 Å². The topological polar surface area (TPSA) is 139 Å². The molecule has 0 bridgehead atoms. The third-order valence-electron chi connectivity index (χ3n) is 7.30. The number of rotatable bonds is 10. The number of alkyl halides is 2. The first kappa shape index (κ1) is 29.3. The number of ether oxygens (including phenoxy) is 2. The normalized spacial score (nSPS) is 17.2. The number of benzene rings is 1. The molecule has 2 saturated heterocycles. The van der Waals surface area contributed by atoms with Crippen LogP contribution in [0.15, 0.2) is 18.2 Å². The molecule has 0 atom stereocenters. The molecule has 1 aromatic carbocycles. The van der Waals surface area contributed by atoms with Crippen LogP contribution in [-0.2, 0) is 14.8 Å². The van der Waals surface area contributed by atoms with Crippen LogP contribution in [0, 0.1) is 0 Å². The van der Waals surface area contributed by atoms with Gasteiger partial charge in [0.1, 0.15) is 11.3 Å². The number of hydrogen-bond acceptors (Lipinski definition) is 11. The van der Waals surface area contributed by atoms with E-state index in [1.54, 1.807) is 18.2 Å². The average molecular weight is 597 g/mol. The summed E-state index contributed by atoms with van der Waals surface area (Å²) in [5, 5.41) is 9.23. The molecule has 5 rings (SSSR count). The molecular weight excluding hydrogens is 562 g/mol. The third-order valence-corrected chi connectivity index (χ3v) is 8.63. The zero-order chi connectivity index (χ0) is 29.1. The maximum absolute atomic E-state index is 14.3. The van der Waals surface area contributed by atoms with E-state index >= 15 is 0 Å². The summed E-state index contributed by atoms with van der Waals surface area (Å²) in [4.78, 5) is 22.0. The van der Waals surface area contributed by atoms with Crippen LogP contribution in [0.5, 0.6) is 5.75 Å². The van der Waals surface area contributed by atoms with Crippen molar-refractivity contribution in [3.05, 3.63) is 24.0 Å². The van der Waals surface area contributed by atoms with Crippen molar-refractivity contribution in [1.29, 1.82) is 0 Å². The average Bonchev–Trinajstić information content (AvgIpc) is 3.38. The molecule has 13 nitrogen and oxygen atoms in total. The number of piperidine rings is 1. The van der Waals surface area contributed by atoms with E-state index in [-0.39, 0.29) is 30.7 Å². The Hall–Kier alpha value is -3.21. The Morgan fingerprint density at radius 1 is 1.05 bits per heavy atom. The van der Waals surface area contributed by atoms with Crippen molar-refractivity contribution in [2.24, 2.45) is 0 Å². The second-order valence-corrected chi connectivity index (χ2v) is 11.9. The van der Waals surface area contributed by atoms with Crippen molar-refractivity contribution in [2.75, 3.05) is 75.7 Å². The summed E-state index contributed by atoms with van der Waals surface area (Å²) in [5.41, 5.74) is 0.640. The minimum Gasteiger partial charge on any atom is -0.494 e. The molecule has 16 heteroatoms. The molecule has 2 aliphatic rings. The highest BCUT2D eigenvalue weighted by Crippen LogP contribution is 2.33. The quantitative estimate of drug-likeness (QED) is 0.365. The number of fused-ring (bicyclic) bond motifs is 1. The van der Waals surface area contributed by atoms with Crippen LogP contribution in [0.4, 0.5) is 20.7 Å². The molecule has 224 valence electrons. The van der Waals surface area contributed by atoms with Gasteiger partial charge in [0, 0.05) is 45.4 Å². The number of imidazole rings is 1. The lowest BCUT2D eigenvalue weighted by atomic mass is 10.1. The Labute approximate surface area is 236 Å². The third kappa shape index (κ3) is 6.19. The van der Waals surface area contributed by atoms with Crippen molar-refractivity contribution in [1.82, 2.24) is 28.8 Å². The van der Waals surface area contributed by atoms with Gasteiger partial charge in [0.25, 0.3) is 6.43 Å².